The average molecular weight is 463 g/mol. The molecule has 0 saturated heterocycles. The Hall–Kier alpha value is -2.63. The van der Waals surface area contributed by atoms with Crippen LogP contribution >= 0.6 is 0 Å². The summed E-state index contributed by atoms with van der Waals surface area (Å²) in [7, 11) is 0. The van der Waals surface area contributed by atoms with Gasteiger partial charge in [-0.2, -0.15) is 4.39 Å². The first-order valence-corrected chi connectivity index (χ1v) is 12.1. The van der Waals surface area contributed by atoms with Crippen molar-refractivity contribution in [2.45, 2.75) is 84.8 Å². The molecule has 6 heteroatoms. The number of halogens is 2. The zero-order valence-corrected chi connectivity index (χ0v) is 20.0. The highest BCUT2D eigenvalue weighted by molar-refractivity contribution is 5.69. The molecule has 2 aromatic carbocycles. The molecule has 0 heterocycles. The lowest BCUT2D eigenvalue weighted by Crippen LogP contribution is -2.24. The van der Waals surface area contributed by atoms with E-state index in [1.54, 1.807) is 31.2 Å². The Balaban J connectivity index is 1.99. The molecule has 0 N–H and O–H groups in total. The fourth-order valence-electron chi connectivity index (χ4n) is 3.33. The van der Waals surface area contributed by atoms with Crippen molar-refractivity contribution < 1.29 is 27.8 Å². The molecule has 0 aliphatic carbocycles. The van der Waals surface area contributed by atoms with Crippen molar-refractivity contribution in [2.75, 3.05) is 6.61 Å². The summed E-state index contributed by atoms with van der Waals surface area (Å²) in [6, 6.07) is 9.74. The van der Waals surface area contributed by atoms with Crippen LogP contribution in [0, 0.1) is 11.6 Å². The zero-order chi connectivity index (χ0) is 24.1. The van der Waals surface area contributed by atoms with E-state index in [0.717, 1.165) is 19.3 Å². The van der Waals surface area contributed by atoms with E-state index in [1.165, 1.54) is 31.4 Å². The van der Waals surface area contributed by atoms with E-state index in [1.807, 2.05) is 6.92 Å². The molecule has 0 bridgehead atoms. The van der Waals surface area contributed by atoms with Crippen LogP contribution in [0.5, 0.6) is 11.5 Å². The predicted octanol–water partition coefficient (Wildman–Crippen LogP) is 7.83. The average Bonchev–Trinajstić information content (AvgIpc) is 2.83. The van der Waals surface area contributed by atoms with Crippen molar-refractivity contribution in [3.05, 3.63) is 48.0 Å². The monoisotopic (exact) mass is 462 g/mol. The second-order valence-electron chi connectivity index (χ2n) is 8.08. The van der Waals surface area contributed by atoms with E-state index in [9.17, 15) is 13.6 Å². The van der Waals surface area contributed by atoms with Crippen LogP contribution in [-0.4, -0.2) is 18.9 Å². The van der Waals surface area contributed by atoms with Gasteiger partial charge in [-0.15, -0.1) is 0 Å². The smallest absolute Gasteiger partial charge is 0.308 e. The van der Waals surface area contributed by atoms with Crippen molar-refractivity contribution in [1.29, 1.82) is 0 Å². The molecule has 1 unspecified atom stereocenters. The molecule has 0 aliphatic rings. The van der Waals surface area contributed by atoms with Crippen molar-refractivity contribution in [3.63, 3.8) is 0 Å². The lowest BCUT2D eigenvalue weighted by Gasteiger charge is -2.19. The summed E-state index contributed by atoms with van der Waals surface area (Å²) < 4.78 is 45.9. The molecular weight excluding hydrogens is 426 g/mol. The Labute approximate surface area is 196 Å². The molecule has 4 nitrogen and oxygen atoms in total. The summed E-state index contributed by atoms with van der Waals surface area (Å²) in [5.41, 5.74) is 0.658. The summed E-state index contributed by atoms with van der Waals surface area (Å²) >= 11 is 0. The molecule has 33 heavy (non-hydrogen) atoms. The topological polar surface area (TPSA) is 44.8 Å². The Morgan fingerprint density at radius 2 is 1.55 bits per heavy atom. The highest BCUT2D eigenvalue weighted by atomic mass is 19.2. The number of rotatable bonds is 15. The third-order valence-electron chi connectivity index (χ3n) is 5.32. The Morgan fingerprint density at radius 1 is 0.848 bits per heavy atom. The molecule has 1 atom stereocenters. The molecule has 2 rings (SSSR count). The van der Waals surface area contributed by atoms with Crippen LogP contribution in [0.1, 0.15) is 78.6 Å². The first-order chi connectivity index (χ1) is 16.0. The van der Waals surface area contributed by atoms with Gasteiger partial charge in [0.15, 0.2) is 11.6 Å². The minimum Gasteiger partial charge on any atom is -0.494 e. The van der Waals surface area contributed by atoms with E-state index in [2.05, 4.69) is 6.92 Å². The van der Waals surface area contributed by atoms with Gasteiger partial charge in [-0.05, 0) is 42.7 Å². The molecule has 0 aromatic heterocycles. The number of esters is 1. The maximum absolute atomic E-state index is 14.8. The fraction of sp³-hybridized carbons (Fsp3) is 0.519. The summed E-state index contributed by atoms with van der Waals surface area (Å²) in [5, 5.41) is 0. The quantitative estimate of drug-likeness (QED) is 0.154. The van der Waals surface area contributed by atoms with Gasteiger partial charge in [0.2, 0.25) is 12.1 Å². The molecule has 2 aromatic rings. The van der Waals surface area contributed by atoms with Crippen LogP contribution in [0.3, 0.4) is 0 Å². The normalized spacial score (nSPS) is 11.8. The molecule has 0 spiro atoms. The summed E-state index contributed by atoms with van der Waals surface area (Å²) in [4.78, 5) is 11.8. The van der Waals surface area contributed by atoms with Crippen molar-refractivity contribution in [3.8, 4) is 22.6 Å². The first-order valence-electron chi connectivity index (χ1n) is 12.1. The van der Waals surface area contributed by atoms with Crippen LogP contribution in [-0.2, 0) is 9.53 Å². The number of benzene rings is 2. The van der Waals surface area contributed by atoms with Gasteiger partial charge in [0.25, 0.3) is 0 Å². The SMILES string of the molecule is CCCCCCCOc1ccc(-c2ccc(OC(CC)OC(=O)CCCC)c(F)c2F)cc1. The predicted molar refractivity (Wildman–Crippen MR) is 126 cm³/mol. The minimum absolute atomic E-state index is 0.124. The van der Waals surface area contributed by atoms with Crippen LogP contribution in [0.2, 0.25) is 0 Å². The largest absolute Gasteiger partial charge is 0.494 e. The zero-order valence-electron chi connectivity index (χ0n) is 20.0. The van der Waals surface area contributed by atoms with Crippen LogP contribution in [0.15, 0.2) is 36.4 Å². The second-order valence-corrected chi connectivity index (χ2v) is 8.08. The molecular formula is C27H36F2O4. The number of hydrogen-bond acceptors (Lipinski definition) is 4. The standard InChI is InChI=1S/C27H36F2O4/c1-4-7-9-10-11-19-31-21-15-13-20(14-16-21)22-17-18-23(27(29)26(22)28)32-25(6-3)33-24(30)12-8-5-2/h13-18,25H,4-12,19H2,1-3H3. The van der Waals surface area contributed by atoms with Gasteiger partial charge in [0.1, 0.15) is 5.75 Å². The van der Waals surface area contributed by atoms with Gasteiger partial charge >= 0.3 is 5.97 Å². The van der Waals surface area contributed by atoms with Crippen LogP contribution in [0.4, 0.5) is 8.78 Å². The molecule has 0 saturated carbocycles. The number of hydrogen-bond donors (Lipinski definition) is 0. The Morgan fingerprint density at radius 3 is 2.21 bits per heavy atom. The summed E-state index contributed by atoms with van der Waals surface area (Å²) in [6.45, 7) is 6.54. The highest BCUT2D eigenvalue weighted by Gasteiger charge is 2.20. The van der Waals surface area contributed by atoms with Gasteiger partial charge in [-0.25, -0.2) is 4.39 Å². The lowest BCUT2D eigenvalue weighted by atomic mass is 10.0. The third kappa shape index (κ3) is 8.67. The number of carbonyl (C=O) groups is 1. The van der Waals surface area contributed by atoms with E-state index < -0.39 is 23.9 Å². The van der Waals surface area contributed by atoms with Gasteiger partial charge in [0.05, 0.1) is 6.61 Å². The lowest BCUT2D eigenvalue weighted by molar-refractivity contribution is -0.164. The number of unbranched alkanes of at least 4 members (excludes halogenated alkanes) is 5. The van der Waals surface area contributed by atoms with Gasteiger partial charge in [0, 0.05) is 18.4 Å². The van der Waals surface area contributed by atoms with Gasteiger partial charge in [-0.3, -0.25) is 4.79 Å². The maximum Gasteiger partial charge on any atom is 0.308 e. The van der Waals surface area contributed by atoms with E-state index >= 15 is 0 Å². The second kappa shape index (κ2) is 14.5. The maximum atomic E-state index is 14.8. The van der Waals surface area contributed by atoms with Crippen LogP contribution in [0.25, 0.3) is 11.1 Å². The Bertz CT molecular complexity index is 852. The number of carbonyl (C=O) groups excluding carboxylic acids is 1. The number of ether oxygens (including phenoxy) is 3. The molecule has 182 valence electrons. The minimum atomic E-state index is -1.11. The molecule has 0 fully saturated rings. The van der Waals surface area contributed by atoms with Crippen molar-refractivity contribution in [2.24, 2.45) is 0 Å². The van der Waals surface area contributed by atoms with Crippen LogP contribution < -0.4 is 9.47 Å². The summed E-state index contributed by atoms with van der Waals surface area (Å²) in [5.74, 6) is -2.11. The molecule has 0 amide bonds. The molecule has 0 radical (unpaired) electrons. The molecule has 0 aliphatic heterocycles. The van der Waals surface area contributed by atoms with Gasteiger partial charge < -0.3 is 14.2 Å². The highest BCUT2D eigenvalue weighted by Crippen LogP contribution is 2.31. The van der Waals surface area contributed by atoms with E-state index in [4.69, 9.17) is 14.2 Å². The Kier molecular flexibility index (Phi) is 11.7. The van der Waals surface area contributed by atoms with E-state index in [0.29, 0.717) is 30.8 Å². The fourth-order valence-corrected chi connectivity index (χ4v) is 3.33. The van der Waals surface area contributed by atoms with E-state index in [-0.39, 0.29) is 17.7 Å². The van der Waals surface area contributed by atoms with Crippen molar-refractivity contribution in [1.82, 2.24) is 0 Å². The first kappa shape index (κ1) is 26.6. The van der Waals surface area contributed by atoms with Crippen molar-refractivity contribution >= 4 is 5.97 Å². The third-order valence-corrected chi connectivity index (χ3v) is 5.32. The summed E-state index contributed by atoms with van der Waals surface area (Å²) in [6.07, 6.45) is 6.98. The van der Waals surface area contributed by atoms with Gasteiger partial charge in [-0.1, -0.05) is 65.0 Å².